The summed E-state index contributed by atoms with van der Waals surface area (Å²) in [7, 11) is 1.47. The molecule has 1 unspecified atom stereocenters. The van der Waals surface area contributed by atoms with Gasteiger partial charge >= 0.3 is 5.97 Å². The number of rotatable bonds is 10. The van der Waals surface area contributed by atoms with E-state index in [2.05, 4.69) is 5.32 Å². The van der Waals surface area contributed by atoms with Crippen LogP contribution in [0.1, 0.15) is 25.3 Å². The summed E-state index contributed by atoms with van der Waals surface area (Å²) in [6.07, 6.45) is -0.0246. The van der Waals surface area contributed by atoms with E-state index < -0.39 is 11.5 Å². The number of hydrogen-bond donors (Lipinski definition) is 2. The van der Waals surface area contributed by atoms with Gasteiger partial charge in [-0.2, -0.15) is 0 Å². The van der Waals surface area contributed by atoms with E-state index in [-0.39, 0.29) is 32.0 Å². The van der Waals surface area contributed by atoms with Crippen molar-refractivity contribution in [3.8, 4) is 0 Å². The zero-order valence-corrected chi connectivity index (χ0v) is 13.0. The number of aliphatic carboxylic acids is 1. The van der Waals surface area contributed by atoms with Crippen LogP contribution in [0, 0.1) is 0 Å². The average molecular weight is 309 g/mol. The van der Waals surface area contributed by atoms with Crippen LogP contribution < -0.4 is 5.32 Å². The number of carboxylic acids is 1. The van der Waals surface area contributed by atoms with E-state index in [0.29, 0.717) is 6.61 Å². The lowest BCUT2D eigenvalue weighted by Gasteiger charge is -2.28. The Labute approximate surface area is 130 Å². The maximum Gasteiger partial charge on any atom is 0.305 e. The van der Waals surface area contributed by atoms with Crippen LogP contribution in [0.15, 0.2) is 30.3 Å². The number of hydrogen-bond acceptors (Lipinski definition) is 4. The van der Waals surface area contributed by atoms with Gasteiger partial charge in [0, 0.05) is 13.5 Å². The van der Waals surface area contributed by atoms with Gasteiger partial charge in [-0.25, -0.2) is 0 Å². The maximum absolute atomic E-state index is 11.9. The predicted octanol–water partition coefficient (Wildman–Crippen LogP) is 1.59. The minimum atomic E-state index is -0.986. The lowest BCUT2D eigenvalue weighted by Crippen LogP contribution is -2.50. The first kappa shape index (κ1) is 18.1. The molecule has 0 aliphatic carbocycles. The fraction of sp³-hybridized carbons (Fsp3) is 0.500. The first-order valence-corrected chi connectivity index (χ1v) is 7.08. The molecule has 0 saturated heterocycles. The molecule has 1 atom stereocenters. The minimum absolute atomic E-state index is 0.135. The number of carbonyl (C=O) groups is 2. The highest BCUT2D eigenvalue weighted by molar-refractivity contribution is 5.78. The number of amides is 1. The summed E-state index contributed by atoms with van der Waals surface area (Å²) in [5, 5.41) is 11.6. The molecule has 0 aliphatic heterocycles. The molecule has 6 heteroatoms. The van der Waals surface area contributed by atoms with Crippen molar-refractivity contribution in [1.82, 2.24) is 5.32 Å². The van der Waals surface area contributed by atoms with Crippen molar-refractivity contribution in [3.63, 3.8) is 0 Å². The van der Waals surface area contributed by atoms with Crippen LogP contribution in [0.4, 0.5) is 0 Å². The molecule has 0 heterocycles. The maximum atomic E-state index is 11.9. The van der Waals surface area contributed by atoms with Crippen molar-refractivity contribution in [3.05, 3.63) is 35.9 Å². The summed E-state index contributed by atoms with van der Waals surface area (Å²) in [6.45, 7) is 2.50. The van der Waals surface area contributed by atoms with Crippen molar-refractivity contribution < 1.29 is 24.2 Å². The Hall–Kier alpha value is -1.92. The largest absolute Gasteiger partial charge is 0.481 e. The Morgan fingerprint density at radius 3 is 2.55 bits per heavy atom. The van der Waals surface area contributed by atoms with E-state index >= 15 is 0 Å². The van der Waals surface area contributed by atoms with Crippen molar-refractivity contribution in [2.45, 2.75) is 31.9 Å². The summed E-state index contributed by atoms with van der Waals surface area (Å²) in [6, 6.07) is 9.67. The fourth-order valence-electron chi connectivity index (χ4n) is 2.11. The molecule has 22 heavy (non-hydrogen) atoms. The molecular formula is C16H23NO5. The van der Waals surface area contributed by atoms with Gasteiger partial charge in [-0.3, -0.25) is 9.59 Å². The molecule has 0 bridgehead atoms. The third kappa shape index (κ3) is 7.19. The third-order valence-electron chi connectivity index (χ3n) is 3.03. The normalized spacial score (nSPS) is 13.4. The van der Waals surface area contributed by atoms with E-state index in [1.807, 2.05) is 30.3 Å². The molecule has 1 aromatic carbocycles. The smallest absolute Gasteiger partial charge is 0.305 e. The zero-order valence-electron chi connectivity index (χ0n) is 13.0. The summed E-state index contributed by atoms with van der Waals surface area (Å²) in [5.41, 5.74) is 0.120. The average Bonchev–Trinajstić information content (AvgIpc) is 2.43. The molecule has 122 valence electrons. The summed E-state index contributed by atoms with van der Waals surface area (Å²) in [4.78, 5) is 22.7. The number of carbonyl (C=O) groups excluding carboxylic acids is 1. The van der Waals surface area contributed by atoms with Gasteiger partial charge in [0.15, 0.2) is 0 Å². The van der Waals surface area contributed by atoms with Crippen molar-refractivity contribution >= 4 is 11.9 Å². The van der Waals surface area contributed by atoms with E-state index in [1.165, 1.54) is 7.11 Å². The molecule has 1 aromatic rings. The Balaban J connectivity index is 2.33. The molecular weight excluding hydrogens is 286 g/mol. The number of methoxy groups -OCH3 is 1. The first-order chi connectivity index (χ1) is 10.4. The van der Waals surface area contributed by atoms with Gasteiger partial charge in [-0.1, -0.05) is 30.3 Å². The van der Waals surface area contributed by atoms with E-state index in [0.717, 1.165) is 5.56 Å². The second kappa shape index (κ2) is 9.17. The first-order valence-electron chi connectivity index (χ1n) is 7.08. The molecule has 0 radical (unpaired) electrons. The molecule has 1 amide bonds. The van der Waals surface area contributed by atoms with E-state index in [1.54, 1.807) is 6.92 Å². The highest BCUT2D eigenvalue weighted by Crippen LogP contribution is 2.11. The third-order valence-corrected chi connectivity index (χ3v) is 3.03. The van der Waals surface area contributed by atoms with Gasteiger partial charge in [0.1, 0.15) is 0 Å². The number of ether oxygens (including phenoxy) is 2. The van der Waals surface area contributed by atoms with Gasteiger partial charge in [-0.05, 0) is 12.5 Å². The summed E-state index contributed by atoms with van der Waals surface area (Å²) < 4.78 is 10.4. The number of nitrogens with one attached hydrogen (secondary N) is 1. The van der Waals surface area contributed by atoms with E-state index in [4.69, 9.17) is 14.6 Å². The molecule has 1 rings (SSSR count). The van der Waals surface area contributed by atoms with Crippen molar-refractivity contribution in [2.24, 2.45) is 0 Å². The van der Waals surface area contributed by atoms with Gasteiger partial charge < -0.3 is 19.9 Å². The predicted molar refractivity (Wildman–Crippen MR) is 81.4 cm³/mol. The van der Waals surface area contributed by atoms with Crippen molar-refractivity contribution in [2.75, 3.05) is 20.3 Å². The van der Waals surface area contributed by atoms with Gasteiger partial charge in [0.2, 0.25) is 5.91 Å². The lowest BCUT2D eigenvalue weighted by molar-refractivity contribution is -0.139. The number of carboxylic acid groups (broad SMARTS) is 1. The van der Waals surface area contributed by atoms with Crippen molar-refractivity contribution in [1.29, 1.82) is 0 Å². The monoisotopic (exact) mass is 309 g/mol. The van der Waals surface area contributed by atoms with Gasteiger partial charge in [0.05, 0.1) is 31.8 Å². The second-order valence-corrected chi connectivity index (χ2v) is 5.40. The molecule has 0 aromatic heterocycles. The highest BCUT2D eigenvalue weighted by Gasteiger charge is 2.29. The van der Waals surface area contributed by atoms with Crippen LogP contribution >= 0.6 is 0 Å². The second-order valence-electron chi connectivity index (χ2n) is 5.40. The van der Waals surface area contributed by atoms with Crippen LogP contribution in [0.25, 0.3) is 0 Å². The van der Waals surface area contributed by atoms with Gasteiger partial charge in [-0.15, -0.1) is 0 Å². The van der Waals surface area contributed by atoms with Crippen LogP contribution in [-0.2, 0) is 25.7 Å². The molecule has 2 N–H and O–H groups in total. The molecule has 6 nitrogen and oxygen atoms in total. The minimum Gasteiger partial charge on any atom is -0.481 e. The Morgan fingerprint density at radius 2 is 1.95 bits per heavy atom. The SMILES string of the molecule is COCC(C)(CC(=O)O)NC(=O)CCOCc1ccccc1. The topological polar surface area (TPSA) is 84.9 Å². The van der Waals surface area contributed by atoms with Gasteiger partial charge in [0.25, 0.3) is 0 Å². The fourth-order valence-corrected chi connectivity index (χ4v) is 2.11. The Kier molecular flexibility index (Phi) is 7.56. The van der Waals surface area contributed by atoms with Crippen LogP contribution in [0.3, 0.4) is 0 Å². The quantitative estimate of drug-likeness (QED) is 0.641. The Morgan fingerprint density at radius 1 is 1.27 bits per heavy atom. The van der Waals surface area contributed by atoms with Crippen LogP contribution in [0.5, 0.6) is 0 Å². The number of benzene rings is 1. The molecule has 0 fully saturated rings. The standard InChI is InChI=1S/C16H23NO5/c1-16(12-21-2,10-15(19)20)17-14(18)8-9-22-11-13-6-4-3-5-7-13/h3-7H,8-12H2,1-2H3,(H,17,18)(H,19,20). The van der Waals surface area contributed by atoms with E-state index in [9.17, 15) is 9.59 Å². The lowest BCUT2D eigenvalue weighted by atomic mass is 9.99. The Bertz CT molecular complexity index is 477. The molecule has 0 saturated carbocycles. The van der Waals surface area contributed by atoms with Crippen LogP contribution in [0.2, 0.25) is 0 Å². The highest BCUT2D eigenvalue weighted by atomic mass is 16.5. The zero-order chi connectivity index (χ0) is 16.4. The molecule has 0 aliphatic rings. The summed E-state index contributed by atoms with van der Waals surface area (Å²) in [5.74, 6) is -1.24. The molecule has 0 spiro atoms. The van der Waals surface area contributed by atoms with Crippen LogP contribution in [-0.4, -0.2) is 42.8 Å². The summed E-state index contributed by atoms with van der Waals surface area (Å²) >= 11 is 0.